The molecule has 21 heavy (non-hydrogen) atoms. The first-order valence-corrected chi connectivity index (χ1v) is 7.63. The zero-order valence-corrected chi connectivity index (χ0v) is 14.3. The summed E-state index contributed by atoms with van der Waals surface area (Å²) in [7, 11) is 0. The van der Waals surface area contributed by atoms with Gasteiger partial charge < -0.3 is 10.4 Å². The fraction of sp³-hybridized carbons (Fsp3) is 0. The maximum atomic E-state index is 12.2. The van der Waals surface area contributed by atoms with E-state index in [1.54, 1.807) is 18.2 Å². The maximum Gasteiger partial charge on any atom is 0.335 e. The molecular weight excluding hydrogens is 425 g/mol. The lowest BCUT2D eigenvalue weighted by Gasteiger charge is -2.08. The lowest BCUT2D eigenvalue weighted by Crippen LogP contribution is -2.13. The molecule has 1 amide bonds. The van der Waals surface area contributed by atoms with E-state index in [1.165, 1.54) is 18.2 Å². The van der Waals surface area contributed by atoms with E-state index in [4.69, 9.17) is 16.7 Å². The van der Waals surface area contributed by atoms with Gasteiger partial charge in [0.2, 0.25) is 0 Å². The van der Waals surface area contributed by atoms with Crippen molar-refractivity contribution in [2.24, 2.45) is 0 Å². The van der Waals surface area contributed by atoms with Crippen LogP contribution in [0.2, 0.25) is 5.02 Å². The molecular formula is C14H8Br2ClNO3. The Morgan fingerprint density at radius 2 is 1.81 bits per heavy atom. The monoisotopic (exact) mass is 431 g/mol. The second kappa shape index (κ2) is 6.60. The van der Waals surface area contributed by atoms with E-state index in [0.29, 0.717) is 15.7 Å². The lowest BCUT2D eigenvalue weighted by atomic mass is 10.1. The van der Waals surface area contributed by atoms with E-state index in [1.807, 2.05) is 0 Å². The van der Waals surface area contributed by atoms with E-state index in [2.05, 4.69) is 37.2 Å². The molecule has 0 heterocycles. The van der Waals surface area contributed by atoms with Gasteiger partial charge >= 0.3 is 5.97 Å². The first-order chi connectivity index (χ1) is 9.86. The number of carboxylic acid groups (broad SMARTS) is 1. The molecule has 0 saturated heterocycles. The summed E-state index contributed by atoms with van der Waals surface area (Å²) in [4.78, 5) is 23.2. The Labute approximate surface area is 142 Å². The summed E-state index contributed by atoms with van der Waals surface area (Å²) >= 11 is 12.5. The third-order valence-corrected chi connectivity index (χ3v) is 3.95. The first-order valence-electron chi connectivity index (χ1n) is 5.67. The molecule has 0 unspecified atom stereocenters. The van der Waals surface area contributed by atoms with E-state index in [0.717, 1.165) is 4.47 Å². The number of hydrogen-bond donors (Lipinski definition) is 2. The molecule has 4 nitrogen and oxygen atoms in total. The second-order valence-electron chi connectivity index (χ2n) is 4.11. The van der Waals surface area contributed by atoms with Crippen LogP contribution in [0.4, 0.5) is 5.69 Å². The lowest BCUT2D eigenvalue weighted by molar-refractivity contribution is 0.0696. The highest BCUT2D eigenvalue weighted by molar-refractivity contribution is 9.11. The minimum Gasteiger partial charge on any atom is -0.478 e. The minimum atomic E-state index is -1.11. The van der Waals surface area contributed by atoms with Crippen LogP contribution in [0.1, 0.15) is 20.7 Å². The van der Waals surface area contributed by atoms with Crippen LogP contribution in [-0.4, -0.2) is 17.0 Å². The van der Waals surface area contributed by atoms with Gasteiger partial charge in [0.15, 0.2) is 0 Å². The third kappa shape index (κ3) is 4.06. The summed E-state index contributed by atoms with van der Waals surface area (Å²) in [5.41, 5.74) is 0.752. The summed E-state index contributed by atoms with van der Waals surface area (Å²) in [6.45, 7) is 0. The van der Waals surface area contributed by atoms with Crippen molar-refractivity contribution < 1.29 is 14.7 Å². The number of hydrogen-bond acceptors (Lipinski definition) is 2. The van der Waals surface area contributed by atoms with Gasteiger partial charge in [-0.15, -0.1) is 0 Å². The van der Waals surface area contributed by atoms with Crippen molar-refractivity contribution in [2.75, 3.05) is 5.32 Å². The van der Waals surface area contributed by atoms with Gasteiger partial charge in [0.1, 0.15) is 0 Å². The van der Waals surface area contributed by atoms with E-state index in [9.17, 15) is 9.59 Å². The average Bonchev–Trinajstić information content (AvgIpc) is 2.37. The van der Waals surface area contributed by atoms with Gasteiger partial charge in [-0.25, -0.2) is 4.79 Å². The molecule has 0 aromatic heterocycles. The predicted molar refractivity (Wildman–Crippen MR) is 88.2 cm³/mol. The standard InChI is InChI=1S/C14H8Br2ClNO3/c15-8-1-2-11(12(16)5-8)13(19)18-10-4-7(14(20)21)3-9(17)6-10/h1-6H,(H,18,19)(H,20,21). The van der Waals surface area contributed by atoms with E-state index >= 15 is 0 Å². The molecule has 0 aliphatic heterocycles. The highest BCUT2D eigenvalue weighted by Crippen LogP contribution is 2.24. The van der Waals surface area contributed by atoms with Gasteiger partial charge in [0.25, 0.3) is 5.91 Å². The number of halogens is 3. The molecule has 0 aliphatic rings. The minimum absolute atomic E-state index is 0.00710. The normalized spacial score (nSPS) is 10.2. The number of carbonyl (C=O) groups excluding carboxylic acids is 1. The van der Waals surface area contributed by atoms with Gasteiger partial charge in [0.05, 0.1) is 11.1 Å². The van der Waals surface area contributed by atoms with Crippen LogP contribution in [0.15, 0.2) is 45.3 Å². The molecule has 0 spiro atoms. The zero-order chi connectivity index (χ0) is 15.6. The SMILES string of the molecule is O=C(O)c1cc(Cl)cc(NC(=O)c2ccc(Br)cc2Br)c1. The van der Waals surface area contributed by atoms with Crippen LogP contribution in [0.5, 0.6) is 0 Å². The number of carbonyl (C=O) groups is 2. The zero-order valence-electron chi connectivity index (χ0n) is 10.4. The Kier molecular flexibility index (Phi) is 5.03. The van der Waals surface area contributed by atoms with Gasteiger partial charge in [-0.2, -0.15) is 0 Å². The highest BCUT2D eigenvalue weighted by atomic mass is 79.9. The van der Waals surface area contributed by atoms with Crippen LogP contribution in [-0.2, 0) is 0 Å². The van der Waals surface area contributed by atoms with Crippen molar-refractivity contribution in [2.45, 2.75) is 0 Å². The molecule has 0 bridgehead atoms. The fourth-order valence-corrected chi connectivity index (χ4v) is 3.12. The number of benzene rings is 2. The number of anilines is 1. The molecule has 0 saturated carbocycles. The van der Waals surface area contributed by atoms with Crippen LogP contribution in [0, 0.1) is 0 Å². The number of nitrogens with one attached hydrogen (secondary N) is 1. The summed E-state index contributed by atoms with van der Waals surface area (Å²) in [5.74, 6) is -1.48. The van der Waals surface area contributed by atoms with Crippen molar-refractivity contribution in [1.82, 2.24) is 0 Å². The van der Waals surface area contributed by atoms with Gasteiger partial charge in [-0.1, -0.05) is 27.5 Å². The highest BCUT2D eigenvalue weighted by Gasteiger charge is 2.12. The number of amides is 1. The summed E-state index contributed by atoms with van der Waals surface area (Å²) in [6, 6.07) is 9.27. The summed E-state index contributed by atoms with van der Waals surface area (Å²) < 4.78 is 1.46. The first kappa shape index (κ1) is 16.0. The number of carboxylic acids is 1. The Balaban J connectivity index is 2.29. The van der Waals surface area contributed by atoms with Crippen molar-refractivity contribution in [3.8, 4) is 0 Å². The van der Waals surface area contributed by atoms with Crippen molar-refractivity contribution in [1.29, 1.82) is 0 Å². The number of rotatable bonds is 3. The Morgan fingerprint density at radius 1 is 1.10 bits per heavy atom. The second-order valence-corrected chi connectivity index (χ2v) is 6.32. The molecule has 7 heteroatoms. The van der Waals surface area contributed by atoms with Crippen molar-refractivity contribution >= 4 is 61.0 Å². The maximum absolute atomic E-state index is 12.2. The third-order valence-electron chi connectivity index (χ3n) is 2.58. The van der Waals surface area contributed by atoms with Gasteiger partial charge in [-0.3, -0.25) is 4.79 Å². The summed E-state index contributed by atoms with van der Waals surface area (Å²) in [5, 5.41) is 11.8. The molecule has 2 aromatic rings. The quantitative estimate of drug-likeness (QED) is 0.730. The van der Waals surface area contributed by atoms with E-state index in [-0.39, 0.29) is 16.5 Å². The molecule has 2 rings (SSSR count). The Hall–Kier alpha value is -1.37. The number of aromatic carboxylic acids is 1. The molecule has 0 atom stereocenters. The van der Waals surface area contributed by atoms with E-state index < -0.39 is 5.97 Å². The Morgan fingerprint density at radius 3 is 2.43 bits per heavy atom. The van der Waals surface area contributed by atoms with Crippen molar-refractivity contribution in [3.05, 3.63) is 61.5 Å². The van der Waals surface area contributed by atoms with Crippen LogP contribution < -0.4 is 5.32 Å². The van der Waals surface area contributed by atoms with Gasteiger partial charge in [0, 0.05) is 19.7 Å². The van der Waals surface area contributed by atoms with Crippen molar-refractivity contribution in [3.63, 3.8) is 0 Å². The smallest absolute Gasteiger partial charge is 0.335 e. The molecule has 0 radical (unpaired) electrons. The van der Waals surface area contributed by atoms with Crippen LogP contribution >= 0.6 is 43.5 Å². The molecule has 0 aliphatic carbocycles. The van der Waals surface area contributed by atoms with Crippen LogP contribution in [0.25, 0.3) is 0 Å². The van der Waals surface area contributed by atoms with Crippen LogP contribution in [0.3, 0.4) is 0 Å². The predicted octanol–water partition coefficient (Wildman–Crippen LogP) is 4.82. The largest absolute Gasteiger partial charge is 0.478 e. The Bertz CT molecular complexity index is 734. The van der Waals surface area contributed by atoms with Gasteiger partial charge in [-0.05, 0) is 52.3 Å². The fourth-order valence-electron chi connectivity index (χ4n) is 1.66. The summed E-state index contributed by atoms with van der Waals surface area (Å²) in [6.07, 6.45) is 0. The topological polar surface area (TPSA) is 66.4 Å². The molecule has 2 aromatic carbocycles. The average molecular weight is 433 g/mol. The molecule has 0 fully saturated rings. The molecule has 2 N–H and O–H groups in total. The molecule has 108 valence electrons.